The van der Waals surface area contributed by atoms with Gasteiger partial charge in [-0.25, -0.2) is 0 Å². The van der Waals surface area contributed by atoms with Crippen LogP contribution in [0, 0.1) is 5.92 Å². The van der Waals surface area contributed by atoms with Gasteiger partial charge in [0.25, 0.3) is 0 Å². The van der Waals surface area contributed by atoms with Gasteiger partial charge in [-0.05, 0) is 50.9 Å². The number of ether oxygens (including phenoxy) is 2. The minimum atomic E-state index is 0. The average molecular weight is 490 g/mol. The highest BCUT2D eigenvalue weighted by atomic mass is 127. The van der Waals surface area contributed by atoms with Crippen LogP contribution in [-0.2, 0) is 0 Å². The highest BCUT2D eigenvalue weighted by Crippen LogP contribution is 2.19. The third-order valence-corrected chi connectivity index (χ3v) is 4.63. The van der Waals surface area contributed by atoms with Gasteiger partial charge in [0, 0.05) is 26.2 Å². The van der Waals surface area contributed by atoms with Gasteiger partial charge in [0.05, 0.1) is 13.7 Å². The topological polar surface area (TPSA) is 58.1 Å². The molecule has 0 bridgehead atoms. The molecule has 0 radical (unpaired) electrons. The van der Waals surface area contributed by atoms with E-state index in [4.69, 9.17) is 9.47 Å². The SMILES string of the molecule is CCCN1CCC(CNC(=NC)NCC(C)Oc2cccc(OC)c2)C1.I. The van der Waals surface area contributed by atoms with Crippen LogP contribution < -0.4 is 20.1 Å². The Morgan fingerprint density at radius 2 is 2.11 bits per heavy atom. The number of methoxy groups -OCH3 is 1. The Kier molecular flexibility index (Phi) is 11.5. The molecule has 1 heterocycles. The number of hydrogen-bond acceptors (Lipinski definition) is 4. The van der Waals surface area contributed by atoms with Crippen molar-refractivity contribution in [3.63, 3.8) is 0 Å². The molecule has 27 heavy (non-hydrogen) atoms. The van der Waals surface area contributed by atoms with Gasteiger partial charge < -0.3 is 25.0 Å². The Bertz CT molecular complexity index is 571. The number of hydrogen-bond donors (Lipinski definition) is 2. The van der Waals surface area contributed by atoms with Crippen molar-refractivity contribution in [2.75, 3.05) is 46.9 Å². The molecular formula is C20H35IN4O2. The Morgan fingerprint density at radius 1 is 1.33 bits per heavy atom. The lowest BCUT2D eigenvalue weighted by molar-refractivity contribution is 0.223. The van der Waals surface area contributed by atoms with Gasteiger partial charge in [-0.1, -0.05) is 13.0 Å². The molecule has 1 fully saturated rings. The van der Waals surface area contributed by atoms with E-state index in [1.807, 2.05) is 31.2 Å². The van der Waals surface area contributed by atoms with E-state index in [2.05, 4.69) is 27.4 Å². The molecule has 2 N–H and O–H groups in total. The highest BCUT2D eigenvalue weighted by molar-refractivity contribution is 14.0. The van der Waals surface area contributed by atoms with Crippen LogP contribution in [0.1, 0.15) is 26.7 Å². The second-order valence-corrected chi connectivity index (χ2v) is 6.90. The van der Waals surface area contributed by atoms with Crippen molar-refractivity contribution in [3.05, 3.63) is 24.3 Å². The lowest BCUT2D eigenvalue weighted by Gasteiger charge is -2.19. The number of guanidine groups is 1. The first-order valence-corrected chi connectivity index (χ1v) is 9.62. The smallest absolute Gasteiger partial charge is 0.191 e. The molecule has 2 rings (SSSR count). The molecule has 2 unspecified atom stereocenters. The van der Waals surface area contributed by atoms with Crippen molar-refractivity contribution < 1.29 is 9.47 Å². The molecule has 0 saturated carbocycles. The lowest BCUT2D eigenvalue weighted by Crippen LogP contribution is -2.43. The van der Waals surface area contributed by atoms with E-state index in [-0.39, 0.29) is 30.1 Å². The molecule has 1 aromatic carbocycles. The molecule has 1 aliphatic rings. The summed E-state index contributed by atoms with van der Waals surface area (Å²) in [5, 5.41) is 6.80. The molecule has 1 aliphatic heterocycles. The van der Waals surface area contributed by atoms with E-state index < -0.39 is 0 Å². The van der Waals surface area contributed by atoms with Crippen LogP contribution in [0.25, 0.3) is 0 Å². The minimum Gasteiger partial charge on any atom is -0.497 e. The summed E-state index contributed by atoms with van der Waals surface area (Å²) in [7, 11) is 3.46. The fraction of sp³-hybridized carbons (Fsp3) is 0.650. The average Bonchev–Trinajstić information content (AvgIpc) is 3.10. The second kappa shape index (κ2) is 13.0. The molecule has 7 heteroatoms. The van der Waals surface area contributed by atoms with Crippen molar-refractivity contribution in [3.8, 4) is 11.5 Å². The Balaban J connectivity index is 0.00000364. The minimum absolute atomic E-state index is 0. The summed E-state index contributed by atoms with van der Waals surface area (Å²) in [5.41, 5.74) is 0. The largest absolute Gasteiger partial charge is 0.497 e. The van der Waals surface area contributed by atoms with E-state index >= 15 is 0 Å². The predicted molar refractivity (Wildman–Crippen MR) is 123 cm³/mol. The molecule has 0 aromatic heterocycles. The summed E-state index contributed by atoms with van der Waals surface area (Å²) in [5.74, 6) is 3.14. The molecule has 0 aliphatic carbocycles. The van der Waals surface area contributed by atoms with Crippen molar-refractivity contribution in [2.24, 2.45) is 10.9 Å². The maximum Gasteiger partial charge on any atom is 0.191 e. The standard InChI is InChI=1S/C20H34N4O2.HI/c1-5-10-24-11-9-17(15-24)14-23-20(21-3)22-13-16(2)26-19-8-6-7-18(12-19)25-4;/h6-8,12,16-17H,5,9-11,13-15H2,1-4H3,(H2,21,22,23);1H. The van der Waals surface area contributed by atoms with Gasteiger partial charge in [-0.2, -0.15) is 0 Å². The molecule has 0 spiro atoms. The number of benzene rings is 1. The first kappa shape index (κ1) is 23.8. The maximum absolute atomic E-state index is 5.94. The summed E-state index contributed by atoms with van der Waals surface area (Å²) in [6, 6.07) is 7.67. The third kappa shape index (κ3) is 8.55. The van der Waals surface area contributed by atoms with Crippen LogP contribution in [0.2, 0.25) is 0 Å². The van der Waals surface area contributed by atoms with Gasteiger partial charge in [-0.15, -0.1) is 24.0 Å². The number of rotatable bonds is 9. The first-order valence-electron chi connectivity index (χ1n) is 9.62. The fourth-order valence-corrected chi connectivity index (χ4v) is 3.25. The second-order valence-electron chi connectivity index (χ2n) is 6.90. The first-order chi connectivity index (χ1) is 12.6. The van der Waals surface area contributed by atoms with Gasteiger partial charge in [0.2, 0.25) is 0 Å². The van der Waals surface area contributed by atoms with E-state index in [0.29, 0.717) is 12.5 Å². The van der Waals surface area contributed by atoms with Crippen LogP contribution in [0.4, 0.5) is 0 Å². The maximum atomic E-state index is 5.94. The molecule has 6 nitrogen and oxygen atoms in total. The monoisotopic (exact) mass is 490 g/mol. The number of halogens is 1. The van der Waals surface area contributed by atoms with Crippen molar-refractivity contribution in [2.45, 2.75) is 32.8 Å². The zero-order valence-electron chi connectivity index (χ0n) is 17.0. The van der Waals surface area contributed by atoms with Gasteiger partial charge >= 0.3 is 0 Å². The van der Waals surface area contributed by atoms with Crippen molar-refractivity contribution in [1.29, 1.82) is 0 Å². The summed E-state index contributed by atoms with van der Waals surface area (Å²) in [4.78, 5) is 6.86. The number of nitrogens with one attached hydrogen (secondary N) is 2. The zero-order valence-corrected chi connectivity index (χ0v) is 19.4. The molecule has 1 aromatic rings. The number of nitrogens with zero attached hydrogens (tertiary/aromatic N) is 2. The van der Waals surface area contributed by atoms with Crippen LogP contribution >= 0.6 is 24.0 Å². The molecule has 1 saturated heterocycles. The van der Waals surface area contributed by atoms with Crippen LogP contribution in [-0.4, -0.2) is 63.8 Å². The number of likely N-dealkylation sites (tertiary alicyclic amines) is 1. The van der Waals surface area contributed by atoms with Crippen LogP contribution in [0.3, 0.4) is 0 Å². The van der Waals surface area contributed by atoms with E-state index in [1.165, 1.54) is 32.5 Å². The third-order valence-electron chi connectivity index (χ3n) is 4.63. The van der Waals surface area contributed by atoms with Crippen LogP contribution in [0.5, 0.6) is 11.5 Å². The summed E-state index contributed by atoms with van der Waals surface area (Å²) in [6.45, 7) is 9.55. The van der Waals surface area contributed by atoms with E-state index in [0.717, 1.165) is 24.0 Å². The Hall–Kier alpha value is -1.22. The fourth-order valence-electron chi connectivity index (χ4n) is 3.25. The van der Waals surface area contributed by atoms with Crippen LogP contribution in [0.15, 0.2) is 29.3 Å². The number of aliphatic imine (C=N–C) groups is 1. The molecular weight excluding hydrogens is 455 g/mol. The lowest BCUT2D eigenvalue weighted by atomic mass is 10.1. The zero-order chi connectivity index (χ0) is 18.8. The molecule has 2 atom stereocenters. The highest BCUT2D eigenvalue weighted by Gasteiger charge is 2.21. The summed E-state index contributed by atoms with van der Waals surface area (Å²) in [6.07, 6.45) is 2.51. The van der Waals surface area contributed by atoms with Gasteiger partial charge in [0.15, 0.2) is 5.96 Å². The van der Waals surface area contributed by atoms with Crippen molar-refractivity contribution >= 4 is 29.9 Å². The quantitative estimate of drug-likeness (QED) is 0.317. The normalized spacial score (nSPS) is 18.5. The Labute approximate surface area is 181 Å². The van der Waals surface area contributed by atoms with E-state index in [9.17, 15) is 0 Å². The molecule has 0 amide bonds. The van der Waals surface area contributed by atoms with Crippen molar-refractivity contribution in [1.82, 2.24) is 15.5 Å². The van der Waals surface area contributed by atoms with Gasteiger partial charge in [-0.3, -0.25) is 4.99 Å². The summed E-state index contributed by atoms with van der Waals surface area (Å²) >= 11 is 0. The molecule has 154 valence electrons. The van der Waals surface area contributed by atoms with E-state index in [1.54, 1.807) is 14.2 Å². The summed E-state index contributed by atoms with van der Waals surface area (Å²) < 4.78 is 11.2. The predicted octanol–water partition coefficient (Wildman–Crippen LogP) is 2.98. The van der Waals surface area contributed by atoms with Gasteiger partial charge in [0.1, 0.15) is 17.6 Å². The Morgan fingerprint density at radius 3 is 2.81 bits per heavy atom.